The van der Waals surface area contributed by atoms with Crippen molar-refractivity contribution in [1.29, 1.82) is 0 Å². The van der Waals surface area contributed by atoms with Crippen molar-refractivity contribution >= 4 is 60.7 Å². The molecule has 3 N–H and O–H groups in total. The summed E-state index contributed by atoms with van der Waals surface area (Å²) in [6.45, 7) is 1.93. The summed E-state index contributed by atoms with van der Waals surface area (Å²) in [5, 5.41) is 3.36. The Balaban J connectivity index is 2.33. The molecular weight excluding hydrogens is 407 g/mol. The highest BCUT2D eigenvalue weighted by molar-refractivity contribution is 9.11. The van der Waals surface area contributed by atoms with E-state index >= 15 is 0 Å². The molecule has 0 aromatic heterocycles. The number of halogens is 3. The van der Waals surface area contributed by atoms with E-state index in [4.69, 9.17) is 17.3 Å². The number of aryl methyl sites for hydroxylation is 1. The van der Waals surface area contributed by atoms with Crippen LogP contribution in [0.3, 0.4) is 0 Å². The molecule has 0 aliphatic rings. The molecule has 0 radical (unpaired) electrons. The maximum absolute atomic E-state index is 12.3. The number of nitrogens with two attached hydrogens (primary N) is 1. The number of rotatable bonds is 2. The zero-order valence-corrected chi connectivity index (χ0v) is 14.4. The minimum absolute atomic E-state index is 0.259. The molecule has 0 spiro atoms. The standard InChI is InChI=1S/C14H11Br2ClN2O/c1-7-4-11(16)13(12(18)5-7)19-14(20)9-3-2-8(17)6-10(9)15/h2-6H,18H2,1H3,(H,19,20). The lowest BCUT2D eigenvalue weighted by molar-refractivity contribution is 0.102. The fraction of sp³-hybridized carbons (Fsp3) is 0.0714. The van der Waals surface area contributed by atoms with Gasteiger partial charge in [0.15, 0.2) is 0 Å². The number of nitrogens with one attached hydrogen (secondary N) is 1. The van der Waals surface area contributed by atoms with Gasteiger partial charge in [-0.1, -0.05) is 11.6 Å². The first-order chi connectivity index (χ1) is 9.38. The predicted octanol–water partition coefficient (Wildman–Crippen LogP) is 5.01. The Morgan fingerprint density at radius 3 is 2.50 bits per heavy atom. The molecule has 3 nitrogen and oxygen atoms in total. The molecule has 0 bridgehead atoms. The molecule has 0 aliphatic carbocycles. The van der Waals surface area contributed by atoms with Crippen LogP contribution in [0, 0.1) is 6.92 Å². The largest absolute Gasteiger partial charge is 0.397 e. The van der Waals surface area contributed by atoms with Gasteiger partial charge in [0, 0.05) is 14.0 Å². The van der Waals surface area contributed by atoms with Crippen molar-refractivity contribution < 1.29 is 4.79 Å². The van der Waals surface area contributed by atoms with E-state index in [1.165, 1.54) is 0 Å². The molecule has 2 rings (SSSR count). The Kier molecular flexibility index (Phi) is 4.73. The summed E-state index contributed by atoms with van der Waals surface area (Å²) in [5.41, 5.74) is 8.50. The van der Waals surface area contributed by atoms with Crippen LogP contribution in [0.25, 0.3) is 0 Å². The van der Waals surface area contributed by atoms with Crippen molar-refractivity contribution in [3.63, 3.8) is 0 Å². The fourth-order valence-corrected chi connectivity index (χ4v) is 3.31. The third-order valence-corrected chi connectivity index (χ3v) is 4.20. The van der Waals surface area contributed by atoms with Gasteiger partial charge in [0.2, 0.25) is 0 Å². The van der Waals surface area contributed by atoms with Crippen molar-refractivity contribution in [3.05, 3.63) is 55.4 Å². The predicted molar refractivity (Wildman–Crippen MR) is 90.4 cm³/mol. The van der Waals surface area contributed by atoms with Crippen molar-refractivity contribution in [2.75, 3.05) is 11.1 Å². The van der Waals surface area contributed by atoms with Crippen LogP contribution in [0.1, 0.15) is 15.9 Å². The van der Waals surface area contributed by atoms with E-state index in [1.54, 1.807) is 24.3 Å². The lowest BCUT2D eigenvalue weighted by atomic mass is 10.1. The summed E-state index contributed by atoms with van der Waals surface area (Å²) >= 11 is 12.6. The Hall–Kier alpha value is -1.04. The normalized spacial score (nSPS) is 10.4. The van der Waals surface area contributed by atoms with Gasteiger partial charge in [0.05, 0.1) is 16.9 Å². The SMILES string of the molecule is Cc1cc(N)c(NC(=O)c2ccc(Cl)cc2Br)c(Br)c1. The summed E-state index contributed by atoms with van der Waals surface area (Å²) in [6.07, 6.45) is 0. The van der Waals surface area contributed by atoms with E-state index in [0.717, 1.165) is 10.0 Å². The first-order valence-electron chi connectivity index (χ1n) is 5.70. The highest BCUT2D eigenvalue weighted by atomic mass is 79.9. The molecule has 0 aliphatic heterocycles. The Bertz CT molecular complexity index is 666. The van der Waals surface area contributed by atoms with Gasteiger partial charge in [-0.05, 0) is 74.7 Å². The van der Waals surface area contributed by atoms with Gasteiger partial charge in [-0.15, -0.1) is 0 Å². The first-order valence-corrected chi connectivity index (χ1v) is 7.67. The van der Waals surface area contributed by atoms with Crippen LogP contribution in [0.4, 0.5) is 11.4 Å². The number of carbonyl (C=O) groups is 1. The number of nitrogen functional groups attached to an aromatic ring is 1. The maximum atomic E-state index is 12.3. The van der Waals surface area contributed by atoms with Crippen molar-refractivity contribution in [2.45, 2.75) is 6.92 Å². The Morgan fingerprint density at radius 2 is 1.90 bits per heavy atom. The van der Waals surface area contributed by atoms with Gasteiger partial charge in [-0.25, -0.2) is 0 Å². The second-order valence-electron chi connectivity index (χ2n) is 4.29. The minimum atomic E-state index is -0.259. The molecule has 20 heavy (non-hydrogen) atoms. The average molecular weight is 419 g/mol. The van der Waals surface area contributed by atoms with Gasteiger partial charge >= 0.3 is 0 Å². The number of anilines is 2. The Labute approximate surface area is 138 Å². The third-order valence-electron chi connectivity index (χ3n) is 2.68. The molecule has 0 heterocycles. The molecule has 0 saturated heterocycles. The third kappa shape index (κ3) is 3.34. The highest BCUT2D eigenvalue weighted by Gasteiger charge is 2.14. The van der Waals surface area contributed by atoms with E-state index in [-0.39, 0.29) is 5.91 Å². The lowest BCUT2D eigenvalue weighted by Gasteiger charge is -2.12. The molecular formula is C14H11Br2ClN2O. The average Bonchev–Trinajstić information content (AvgIpc) is 2.33. The molecule has 2 aromatic rings. The van der Waals surface area contributed by atoms with Crippen molar-refractivity contribution in [2.24, 2.45) is 0 Å². The second-order valence-corrected chi connectivity index (χ2v) is 6.43. The Morgan fingerprint density at radius 1 is 1.20 bits per heavy atom. The number of hydrogen-bond donors (Lipinski definition) is 2. The smallest absolute Gasteiger partial charge is 0.256 e. The lowest BCUT2D eigenvalue weighted by Crippen LogP contribution is -2.14. The molecule has 104 valence electrons. The van der Waals surface area contributed by atoms with E-state index in [1.807, 2.05) is 13.0 Å². The second kappa shape index (κ2) is 6.16. The number of hydrogen-bond acceptors (Lipinski definition) is 2. The van der Waals surface area contributed by atoms with Crippen molar-refractivity contribution in [1.82, 2.24) is 0 Å². The molecule has 1 amide bonds. The van der Waals surface area contributed by atoms with Gasteiger partial charge in [0.1, 0.15) is 0 Å². The van der Waals surface area contributed by atoms with Crippen LogP contribution in [-0.2, 0) is 0 Å². The molecule has 2 aromatic carbocycles. The fourth-order valence-electron chi connectivity index (χ4n) is 1.76. The summed E-state index contributed by atoms with van der Waals surface area (Å²) < 4.78 is 1.37. The summed E-state index contributed by atoms with van der Waals surface area (Å²) in [4.78, 5) is 12.3. The van der Waals surface area contributed by atoms with E-state index in [2.05, 4.69) is 37.2 Å². The monoisotopic (exact) mass is 416 g/mol. The van der Waals surface area contributed by atoms with Crippen LogP contribution in [0.15, 0.2) is 39.3 Å². The molecule has 0 saturated carbocycles. The minimum Gasteiger partial charge on any atom is -0.397 e. The van der Waals surface area contributed by atoms with Gasteiger partial charge < -0.3 is 11.1 Å². The first kappa shape index (κ1) is 15.4. The van der Waals surface area contributed by atoms with Crippen LogP contribution < -0.4 is 11.1 Å². The number of carbonyl (C=O) groups excluding carboxylic acids is 1. The summed E-state index contributed by atoms with van der Waals surface area (Å²) in [7, 11) is 0. The van der Waals surface area contributed by atoms with E-state index in [9.17, 15) is 4.79 Å². The van der Waals surface area contributed by atoms with E-state index < -0.39 is 0 Å². The quantitative estimate of drug-likeness (QED) is 0.674. The van der Waals surface area contributed by atoms with Crippen LogP contribution in [-0.4, -0.2) is 5.91 Å². The zero-order chi connectivity index (χ0) is 14.9. The van der Waals surface area contributed by atoms with E-state index in [0.29, 0.717) is 26.4 Å². The van der Waals surface area contributed by atoms with Gasteiger partial charge in [-0.3, -0.25) is 4.79 Å². The molecule has 6 heteroatoms. The van der Waals surface area contributed by atoms with Gasteiger partial charge in [-0.2, -0.15) is 0 Å². The van der Waals surface area contributed by atoms with Crippen LogP contribution in [0.5, 0.6) is 0 Å². The number of amides is 1. The summed E-state index contributed by atoms with van der Waals surface area (Å²) in [6, 6.07) is 8.68. The maximum Gasteiger partial charge on any atom is 0.256 e. The van der Waals surface area contributed by atoms with Crippen LogP contribution in [0.2, 0.25) is 5.02 Å². The topological polar surface area (TPSA) is 55.1 Å². The molecule has 0 atom stereocenters. The van der Waals surface area contributed by atoms with Crippen molar-refractivity contribution in [3.8, 4) is 0 Å². The van der Waals surface area contributed by atoms with Gasteiger partial charge in [0.25, 0.3) is 5.91 Å². The zero-order valence-electron chi connectivity index (χ0n) is 10.5. The summed E-state index contributed by atoms with van der Waals surface area (Å²) in [5.74, 6) is -0.259. The van der Waals surface area contributed by atoms with Crippen LogP contribution >= 0.6 is 43.5 Å². The molecule has 0 unspecified atom stereocenters. The molecule has 0 fully saturated rings. The number of benzene rings is 2. The highest BCUT2D eigenvalue weighted by Crippen LogP contribution is 2.31.